The molecule has 0 spiro atoms. The molecule has 0 aliphatic carbocycles. The molecule has 5 nitrogen and oxygen atoms in total. The fraction of sp³-hybridized carbons (Fsp3) is 0.556. The third-order valence-electron chi connectivity index (χ3n) is 1.98. The summed E-state index contributed by atoms with van der Waals surface area (Å²) in [5.41, 5.74) is -0.225. The van der Waals surface area contributed by atoms with Crippen LogP contribution in [0.25, 0.3) is 0 Å². The van der Waals surface area contributed by atoms with Crippen LogP contribution >= 0.6 is 11.6 Å². The Kier molecular flexibility index (Phi) is 3.71. The van der Waals surface area contributed by atoms with E-state index in [4.69, 9.17) is 16.7 Å². The SMILES string of the molecule is CC(C)(CO)CNc1cn[nH]c(=O)c1Cl. The quantitative estimate of drug-likeness (QED) is 0.718. The van der Waals surface area contributed by atoms with Gasteiger partial charge in [-0.15, -0.1) is 0 Å². The number of nitrogens with zero attached hydrogens (tertiary/aromatic N) is 1. The van der Waals surface area contributed by atoms with Crippen LogP contribution in [0.1, 0.15) is 13.8 Å². The average Bonchev–Trinajstić information content (AvgIpc) is 2.20. The molecule has 0 saturated carbocycles. The molecule has 1 aromatic rings. The van der Waals surface area contributed by atoms with Gasteiger partial charge in [-0.2, -0.15) is 5.10 Å². The average molecular weight is 232 g/mol. The number of nitrogens with one attached hydrogen (secondary N) is 2. The minimum atomic E-state index is -0.427. The molecule has 1 aromatic heterocycles. The van der Waals surface area contributed by atoms with Crippen LogP contribution in [-0.4, -0.2) is 28.5 Å². The van der Waals surface area contributed by atoms with Gasteiger partial charge in [0.25, 0.3) is 5.56 Å². The first kappa shape index (κ1) is 12.0. The van der Waals surface area contributed by atoms with Gasteiger partial charge in [0.2, 0.25) is 0 Å². The highest BCUT2D eigenvalue weighted by molar-refractivity contribution is 6.32. The molecule has 0 radical (unpaired) electrons. The van der Waals surface area contributed by atoms with Gasteiger partial charge < -0.3 is 10.4 Å². The molecule has 0 saturated heterocycles. The fourth-order valence-corrected chi connectivity index (χ4v) is 1.06. The highest BCUT2D eigenvalue weighted by atomic mass is 35.5. The number of aliphatic hydroxyl groups excluding tert-OH is 1. The van der Waals surface area contributed by atoms with E-state index in [2.05, 4.69) is 15.5 Å². The van der Waals surface area contributed by atoms with Crippen molar-refractivity contribution in [1.29, 1.82) is 0 Å². The Labute approximate surface area is 92.5 Å². The van der Waals surface area contributed by atoms with Crippen molar-refractivity contribution in [3.8, 4) is 0 Å². The highest BCUT2D eigenvalue weighted by Gasteiger charge is 2.16. The zero-order valence-electron chi connectivity index (χ0n) is 8.67. The smallest absolute Gasteiger partial charge is 0.285 e. The van der Waals surface area contributed by atoms with E-state index in [0.717, 1.165) is 0 Å². The maximum absolute atomic E-state index is 11.1. The van der Waals surface area contributed by atoms with Gasteiger partial charge in [-0.25, -0.2) is 5.10 Å². The molecule has 15 heavy (non-hydrogen) atoms. The van der Waals surface area contributed by atoms with Crippen LogP contribution in [0, 0.1) is 5.41 Å². The molecule has 0 bridgehead atoms. The van der Waals surface area contributed by atoms with Crippen LogP contribution in [-0.2, 0) is 0 Å². The number of aliphatic hydroxyl groups is 1. The first-order valence-corrected chi connectivity index (χ1v) is 4.92. The molecular weight excluding hydrogens is 218 g/mol. The summed E-state index contributed by atoms with van der Waals surface area (Å²) < 4.78 is 0. The summed E-state index contributed by atoms with van der Waals surface area (Å²) in [5, 5.41) is 17.9. The van der Waals surface area contributed by atoms with Crippen molar-refractivity contribution in [2.75, 3.05) is 18.5 Å². The van der Waals surface area contributed by atoms with Crippen molar-refractivity contribution in [1.82, 2.24) is 10.2 Å². The van der Waals surface area contributed by atoms with Crippen molar-refractivity contribution in [3.05, 3.63) is 21.6 Å². The lowest BCUT2D eigenvalue weighted by Crippen LogP contribution is -2.27. The van der Waals surface area contributed by atoms with Gasteiger partial charge in [0.05, 0.1) is 11.9 Å². The van der Waals surface area contributed by atoms with Crippen molar-refractivity contribution >= 4 is 17.3 Å². The molecule has 1 rings (SSSR count). The van der Waals surface area contributed by atoms with Gasteiger partial charge in [-0.3, -0.25) is 4.79 Å². The van der Waals surface area contributed by atoms with E-state index in [1.165, 1.54) is 6.20 Å². The van der Waals surface area contributed by atoms with Crippen LogP contribution in [0.2, 0.25) is 5.02 Å². The van der Waals surface area contributed by atoms with Gasteiger partial charge in [0.1, 0.15) is 5.02 Å². The Morgan fingerprint density at radius 3 is 2.93 bits per heavy atom. The summed E-state index contributed by atoms with van der Waals surface area (Å²) in [4.78, 5) is 11.1. The second-order valence-electron chi connectivity index (χ2n) is 4.10. The maximum atomic E-state index is 11.1. The second kappa shape index (κ2) is 4.63. The minimum absolute atomic E-state index is 0.0498. The molecule has 0 fully saturated rings. The fourth-order valence-electron chi connectivity index (χ4n) is 0.897. The highest BCUT2D eigenvalue weighted by Crippen LogP contribution is 2.18. The number of aromatic amines is 1. The Bertz CT molecular complexity index is 389. The van der Waals surface area contributed by atoms with Crippen molar-refractivity contribution in [3.63, 3.8) is 0 Å². The van der Waals surface area contributed by atoms with Crippen LogP contribution in [0.4, 0.5) is 5.69 Å². The number of hydrogen-bond acceptors (Lipinski definition) is 4. The Morgan fingerprint density at radius 2 is 2.33 bits per heavy atom. The van der Waals surface area contributed by atoms with E-state index in [0.29, 0.717) is 12.2 Å². The zero-order chi connectivity index (χ0) is 11.5. The first-order chi connectivity index (χ1) is 6.96. The summed E-state index contributed by atoms with van der Waals surface area (Å²) in [6.07, 6.45) is 1.44. The summed E-state index contributed by atoms with van der Waals surface area (Å²) in [6.45, 7) is 4.35. The normalized spacial score (nSPS) is 11.5. The van der Waals surface area contributed by atoms with Gasteiger partial charge in [-0.1, -0.05) is 25.4 Å². The van der Waals surface area contributed by atoms with Gasteiger partial charge in [-0.05, 0) is 0 Å². The Hall–Kier alpha value is -1.07. The van der Waals surface area contributed by atoms with Crippen LogP contribution < -0.4 is 10.9 Å². The molecule has 3 N–H and O–H groups in total. The monoisotopic (exact) mass is 231 g/mol. The summed E-state index contributed by atoms with van der Waals surface area (Å²) in [5.74, 6) is 0. The Morgan fingerprint density at radius 1 is 1.67 bits per heavy atom. The standard InChI is InChI=1S/C9H14ClN3O2/c1-9(2,5-14)4-11-6-3-12-13-8(15)7(6)10/h3,14H,4-5H2,1-2H3,(H2,11,13,15). The van der Waals surface area contributed by atoms with Crippen LogP contribution in [0.3, 0.4) is 0 Å². The number of H-pyrrole nitrogens is 1. The van der Waals surface area contributed by atoms with E-state index < -0.39 is 5.56 Å². The molecule has 0 amide bonds. The van der Waals surface area contributed by atoms with E-state index in [1.807, 2.05) is 13.8 Å². The van der Waals surface area contributed by atoms with E-state index >= 15 is 0 Å². The maximum Gasteiger partial charge on any atom is 0.285 e. The second-order valence-corrected chi connectivity index (χ2v) is 4.48. The number of halogens is 1. The molecular formula is C9H14ClN3O2. The minimum Gasteiger partial charge on any atom is -0.396 e. The largest absolute Gasteiger partial charge is 0.396 e. The number of hydrogen-bond donors (Lipinski definition) is 3. The topological polar surface area (TPSA) is 78.0 Å². The first-order valence-electron chi connectivity index (χ1n) is 4.54. The van der Waals surface area contributed by atoms with Crippen molar-refractivity contribution in [2.24, 2.45) is 5.41 Å². The summed E-state index contributed by atoms with van der Waals surface area (Å²) in [7, 11) is 0. The number of anilines is 1. The molecule has 0 aromatic carbocycles. The molecule has 0 unspecified atom stereocenters. The predicted octanol–water partition coefficient (Wildman–Crippen LogP) is 0.854. The lowest BCUT2D eigenvalue weighted by atomic mass is 9.95. The molecule has 0 atom stereocenters. The number of aromatic nitrogens is 2. The van der Waals surface area contributed by atoms with E-state index in [-0.39, 0.29) is 17.0 Å². The third-order valence-corrected chi connectivity index (χ3v) is 2.36. The summed E-state index contributed by atoms with van der Waals surface area (Å²) in [6, 6.07) is 0. The van der Waals surface area contributed by atoms with Crippen LogP contribution in [0.5, 0.6) is 0 Å². The lowest BCUT2D eigenvalue weighted by molar-refractivity contribution is 0.171. The van der Waals surface area contributed by atoms with Crippen molar-refractivity contribution in [2.45, 2.75) is 13.8 Å². The zero-order valence-corrected chi connectivity index (χ0v) is 9.43. The molecule has 6 heteroatoms. The van der Waals surface area contributed by atoms with E-state index in [1.54, 1.807) is 0 Å². The molecule has 0 aliphatic heterocycles. The number of rotatable bonds is 4. The molecule has 0 aliphatic rings. The molecule has 84 valence electrons. The van der Waals surface area contributed by atoms with Gasteiger partial charge in [0, 0.05) is 18.6 Å². The van der Waals surface area contributed by atoms with Crippen molar-refractivity contribution < 1.29 is 5.11 Å². The molecule has 1 heterocycles. The predicted molar refractivity (Wildman–Crippen MR) is 59.2 cm³/mol. The summed E-state index contributed by atoms with van der Waals surface area (Å²) >= 11 is 5.76. The lowest BCUT2D eigenvalue weighted by Gasteiger charge is -2.22. The van der Waals surface area contributed by atoms with E-state index in [9.17, 15) is 4.79 Å². The van der Waals surface area contributed by atoms with Gasteiger partial charge >= 0.3 is 0 Å². The third kappa shape index (κ3) is 3.21. The van der Waals surface area contributed by atoms with Crippen LogP contribution in [0.15, 0.2) is 11.0 Å². The Balaban J connectivity index is 2.74. The van der Waals surface area contributed by atoms with Gasteiger partial charge in [0.15, 0.2) is 0 Å².